The van der Waals surface area contributed by atoms with Gasteiger partial charge < -0.3 is 14.8 Å². The molecule has 0 radical (unpaired) electrons. The summed E-state index contributed by atoms with van der Waals surface area (Å²) < 4.78 is 39.0. The predicted molar refractivity (Wildman–Crippen MR) is 153 cm³/mol. The molecule has 40 heavy (non-hydrogen) atoms. The summed E-state index contributed by atoms with van der Waals surface area (Å²) in [6.45, 7) is 3.43. The third-order valence-corrected chi connectivity index (χ3v) is 9.57. The summed E-state index contributed by atoms with van der Waals surface area (Å²) in [6.07, 6.45) is 1.58. The van der Waals surface area contributed by atoms with Crippen LogP contribution in [0.15, 0.2) is 51.2 Å². The average Bonchev–Trinajstić information content (AvgIpc) is 2.96. The van der Waals surface area contributed by atoms with Gasteiger partial charge in [-0.3, -0.25) is 14.2 Å². The molecule has 1 amide bonds. The molecule has 2 heterocycles. The van der Waals surface area contributed by atoms with Gasteiger partial charge in [0.25, 0.3) is 5.56 Å². The van der Waals surface area contributed by atoms with Crippen molar-refractivity contribution in [1.82, 2.24) is 13.9 Å². The molecule has 0 saturated carbocycles. The molecular formula is C26H29ClN4O7S2. The van der Waals surface area contributed by atoms with Crippen molar-refractivity contribution in [3.05, 3.63) is 57.3 Å². The standard InChI is InChI=1S/C26H29ClN4O7S2/c1-3-4-9-31-24(33)19-7-5-17(25(34)37-2)14-21(19)29-26(31)39-16-23(32)28-18-6-8-20(27)22(15-18)40(35,36)30-10-12-38-13-11-30/h5-8,14-15H,3-4,9-13,16H2,1-2H3,(H,28,32). The molecule has 4 rings (SSSR count). The van der Waals surface area contributed by atoms with E-state index >= 15 is 0 Å². The van der Waals surface area contributed by atoms with Gasteiger partial charge in [-0.05, 0) is 42.8 Å². The second-order valence-electron chi connectivity index (χ2n) is 8.93. The highest BCUT2D eigenvalue weighted by Gasteiger charge is 2.28. The van der Waals surface area contributed by atoms with Crippen LogP contribution in [0.2, 0.25) is 5.02 Å². The van der Waals surface area contributed by atoms with E-state index in [0.29, 0.717) is 35.8 Å². The molecule has 14 heteroatoms. The minimum absolute atomic E-state index is 0.0468. The van der Waals surface area contributed by atoms with Crippen LogP contribution in [0.4, 0.5) is 5.69 Å². The van der Waals surface area contributed by atoms with E-state index in [1.54, 1.807) is 6.07 Å². The van der Waals surface area contributed by atoms with Gasteiger partial charge in [-0.15, -0.1) is 0 Å². The Labute approximate surface area is 240 Å². The number of aromatic nitrogens is 2. The number of nitrogens with one attached hydrogen (secondary N) is 1. The van der Waals surface area contributed by atoms with E-state index in [9.17, 15) is 22.8 Å². The van der Waals surface area contributed by atoms with Crippen molar-refractivity contribution in [2.75, 3.05) is 44.5 Å². The van der Waals surface area contributed by atoms with E-state index in [0.717, 1.165) is 24.6 Å². The van der Waals surface area contributed by atoms with Crippen LogP contribution in [0.1, 0.15) is 30.1 Å². The zero-order chi connectivity index (χ0) is 28.9. The monoisotopic (exact) mass is 608 g/mol. The van der Waals surface area contributed by atoms with Crippen molar-refractivity contribution in [3.8, 4) is 0 Å². The number of esters is 1. The lowest BCUT2D eigenvalue weighted by Crippen LogP contribution is -2.40. The SMILES string of the molecule is CCCCn1c(SCC(=O)Nc2ccc(Cl)c(S(=O)(=O)N3CCOCC3)c2)nc2cc(C(=O)OC)ccc2c1=O. The summed E-state index contributed by atoms with van der Waals surface area (Å²) in [5, 5.41) is 3.43. The molecule has 1 N–H and O–H groups in total. The summed E-state index contributed by atoms with van der Waals surface area (Å²) in [5.41, 5.74) is 0.569. The van der Waals surface area contributed by atoms with E-state index < -0.39 is 21.9 Å². The molecule has 11 nitrogen and oxygen atoms in total. The number of sulfonamides is 1. The van der Waals surface area contributed by atoms with Crippen molar-refractivity contribution in [2.45, 2.75) is 36.4 Å². The van der Waals surface area contributed by atoms with Crippen LogP contribution < -0.4 is 10.9 Å². The third kappa shape index (κ3) is 6.66. The highest BCUT2D eigenvalue weighted by atomic mass is 35.5. The number of amides is 1. The van der Waals surface area contributed by atoms with Gasteiger partial charge in [0.1, 0.15) is 4.90 Å². The summed E-state index contributed by atoms with van der Waals surface area (Å²) >= 11 is 7.28. The predicted octanol–water partition coefficient (Wildman–Crippen LogP) is 3.39. The molecular weight excluding hydrogens is 580 g/mol. The Bertz CT molecular complexity index is 1590. The Kier molecular flexibility index (Phi) is 9.85. The number of fused-ring (bicyclic) bond motifs is 1. The molecule has 1 aromatic heterocycles. The molecule has 0 unspecified atom stereocenters. The molecule has 214 valence electrons. The number of nitrogens with zero attached hydrogens (tertiary/aromatic N) is 3. The van der Waals surface area contributed by atoms with Gasteiger partial charge in [0.2, 0.25) is 15.9 Å². The minimum Gasteiger partial charge on any atom is -0.465 e. The first kappa shape index (κ1) is 30.0. The van der Waals surface area contributed by atoms with Gasteiger partial charge in [0.05, 0.1) is 47.6 Å². The number of carbonyl (C=O) groups excluding carboxylic acids is 2. The molecule has 1 aliphatic heterocycles. The highest BCUT2D eigenvalue weighted by Crippen LogP contribution is 2.29. The summed E-state index contributed by atoms with van der Waals surface area (Å²) in [5.74, 6) is -1.08. The number of hydrogen-bond acceptors (Lipinski definition) is 9. The van der Waals surface area contributed by atoms with E-state index in [2.05, 4.69) is 10.3 Å². The molecule has 0 bridgehead atoms. The van der Waals surface area contributed by atoms with E-state index in [-0.39, 0.29) is 45.6 Å². The summed E-state index contributed by atoms with van der Waals surface area (Å²) in [4.78, 5) is 42.6. The number of hydrogen-bond donors (Lipinski definition) is 1. The number of halogens is 1. The van der Waals surface area contributed by atoms with Gasteiger partial charge >= 0.3 is 5.97 Å². The Hall–Kier alpha value is -2.97. The fourth-order valence-corrected chi connectivity index (χ4v) is 6.83. The number of thioether (sulfide) groups is 1. The Balaban J connectivity index is 1.55. The molecule has 2 aromatic carbocycles. The third-order valence-electron chi connectivity index (χ3n) is 6.21. The van der Waals surface area contributed by atoms with Crippen LogP contribution in [0.5, 0.6) is 0 Å². The van der Waals surface area contributed by atoms with Gasteiger partial charge in [0, 0.05) is 25.3 Å². The highest BCUT2D eigenvalue weighted by molar-refractivity contribution is 7.99. The van der Waals surface area contributed by atoms with Crippen LogP contribution in [-0.2, 0) is 30.8 Å². The number of morpholine rings is 1. The Morgan fingerprint density at radius 2 is 1.93 bits per heavy atom. The number of methoxy groups -OCH3 is 1. The number of rotatable bonds is 10. The van der Waals surface area contributed by atoms with Crippen molar-refractivity contribution in [3.63, 3.8) is 0 Å². The van der Waals surface area contributed by atoms with Crippen molar-refractivity contribution < 1.29 is 27.5 Å². The second kappa shape index (κ2) is 13.1. The largest absolute Gasteiger partial charge is 0.465 e. The fourth-order valence-electron chi connectivity index (χ4n) is 4.10. The Morgan fingerprint density at radius 1 is 1.18 bits per heavy atom. The first-order valence-corrected chi connectivity index (χ1v) is 15.4. The lowest BCUT2D eigenvalue weighted by atomic mass is 10.1. The number of unbranched alkanes of at least 4 members (excludes halogenated alkanes) is 1. The minimum atomic E-state index is -3.87. The number of ether oxygens (including phenoxy) is 2. The summed E-state index contributed by atoms with van der Waals surface area (Å²) in [6, 6.07) is 8.81. The van der Waals surface area contributed by atoms with Crippen molar-refractivity contribution in [2.24, 2.45) is 0 Å². The smallest absolute Gasteiger partial charge is 0.337 e. The zero-order valence-corrected chi connectivity index (χ0v) is 24.4. The first-order chi connectivity index (χ1) is 19.1. The average molecular weight is 609 g/mol. The maximum Gasteiger partial charge on any atom is 0.337 e. The lowest BCUT2D eigenvalue weighted by molar-refractivity contribution is -0.113. The first-order valence-electron chi connectivity index (χ1n) is 12.6. The zero-order valence-electron chi connectivity index (χ0n) is 22.0. The normalized spacial score (nSPS) is 14.3. The molecule has 0 aliphatic carbocycles. The topological polar surface area (TPSA) is 137 Å². The molecule has 0 spiro atoms. The van der Waals surface area contributed by atoms with Crippen LogP contribution >= 0.6 is 23.4 Å². The van der Waals surface area contributed by atoms with Gasteiger partial charge in [-0.1, -0.05) is 36.7 Å². The quantitative estimate of drug-likeness (QED) is 0.209. The molecule has 3 aromatic rings. The number of benzene rings is 2. The van der Waals surface area contributed by atoms with Crippen LogP contribution in [0.3, 0.4) is 0 Å². The van der Waals surface area contributed by atoms with Crippen molar-refractivity contribution in [1.29, 1.82) is 0 Å². The number of anilines is 1. The van der Waals surface area contributed by atoms with E-state index in [1.165, 1.54) is 46.3 Å². The van der Waals surface area contributed by atoms with Gasteiger partial charge in [0.15, 0.2) is 5.16 Å². The molecule has 1 fully saturated rings. The number of carbonyl (C=O) groups is 2. The Morgan fingerprint density at radius 3 is 2.62 bits per heavy atom. The van der Waals surface area contributed by atoms with Gasteiger partial charge in [-0.2, -0.15) is 4.31 Å². The molecule has 0 atom stereocenters. The van der Waals surface area contributed by atoms with Crippen molar-refractivity contribution >= 4 is 61.9 Å². The van der Waals surface area contributed by atoms with Crippen LogP contribution in [0.25, 0.3) is 10.9 Å². The molecule has 1 saturated heterocycles. The van der Waals surface area contributed by atoms with E-state index in [4.69, 9.17) is 21.1 Å². The summed E-state index contributed by atoms with van der Waals surface area (Å²) in [7, 11) is -2.61. The fraction of sp³-hybridized carbons (Fsp3) is 0.385. The van der Waals surface area contributed by atoms with Crippen LogP contribution in [-0.4, -0.2) is 73.3 Å². The van der Waals surface area contributed by atoms with Gasteiger partial charge in [-0.25, -0.2) is 18.2 Å². The van der Waals surface area contributed by atoms with Crippen LogP contribution in [0, 0.1) is 0 Å². The second-order valence-corrected chi connectivity index (χ2v) is 12.2. The maximum absolute atomic E-state index is 13.2. The maximum atomic E-state index is 13.2. The van der Waals surface area contributed by atoms with E-state index in [1.807, 2.05) is 6.92 Å². The lowest BCUT2D eigenvalue weighted by Gasteiger charge is -2.26. The molecule has 1 aliphatic rings.